The van der Waals surface area contributed by atoms with Gasteiger partial charge in [0.1, 0.15) is 11.5 Å². The van der Waals surface area contributed by atoms with Gasteiger partial charge in [-0.25, -0.2) is 0 Å². The van der Waals surface area contributed by atoms with Gasteiger partial charge >= 0.3 is 0 Å². The average molecular weight is 296 g/mol. The highest BCUT2D eigenvalue weighted by molar-refractivity contribution is 5.63. The third-order valence-corrected chi connectivity index (χ3v) is 3.48. The van der Waals surface area contributed by atoms with Gasteiger partial charge in [-0.05, 0) is 42.0 Å². The van der Waals surface area contributed by atoms with Crippen molar-refractivity contribution >= 4 is 0 Å². The third kappa shape index (κ3) is 2.61. The van der Waals surface area contributed by atoms with Crippen LogP contribution in [-0.2, 0) is 0 Å². The van der Waals surface area contributed by atoms with Gasteiger partial charge in [-0.1, -0.05) is 12.1 Å². The minimum atomic E-state index is -0.138. The molecular weight excluding hydrogens is 280 g/mol. The van der Waals surface area contributed by atoms with Crippen LogP contribution in [0.2, 0.25) is 0 Å². The maximum atomic E-state index is 12.2. The molecule has 0 aliphatic carbocycles. The Kier molecular flexibility index (Phi) is 3.70. The largest absolute Gasteiger partial charge is 0.497 e. The molecule has 5 heteroatoms. The van der Waals surface area contributed by atoms with Crippen LogP contribution in [0.15, 0.2) is 59.5 Å². The molecule has 0 unspecified atom stereocenters. The predicted octanol–water partition coefficient (Wildman–Crippen LogP) is 2.85. The fourth-order valence-corrected chi connectivity index (χ4v) is 2.25. The second-order valence-electron chi connectivity index (χ2n) is 4.78. The van der Waals surface area contributed by atoms with Crippen LogP contribution in [0.3, 0.4) is 0 Å². The van der Waals surface area contributed by atoms with Crippen molar-refractivity contribution in [1.29, 1.82) is 0 Å². The highest BCUT2D eigenvalue weighted by Crippen LogP contribution is 2.21. The summed E-state index contributed by atoms with van der Waals surface area (Å²) >= 11 is 0. The molecule has 5 nitrogen and oxygen atoms in total. The summed E-state index contributed by atoms with van der Waals surface area (Å²) in [4.78, 5) is 12.2. The number of hydrogen-bond donors (Lipinski definition) is 1. The van der Waals surface area contributed by atoms with E-state index in [1.807, 2.05) is 48.5 Å². The second-order valence-corrected chi connectivity index (χ2v) is 4.78. The van der Waals surface area contributed by atoms with Crippen LogP contribution in [0.5, 0.6) is 11.5 Å². The number of H-pyrrole nitrogens is 1. The molecule has 22 heavy (non-hydrogen) atoms. The molecule has 0 saturated heterocycles. The van der Waals surface area contributed by atoms with E-state index in [-0.39, 0.29) is 5.56 Å². The van der Waals surface area contributed by atoms with E-state index in [1.165, 1.54) is 0 Å². The molecule has 1 heterocycles. The van der Waals surface area contributed by atoms with Crippen LogP contribution in [0.1, 0.15) is 0 Å². The Morgan fingerprint density at radius 1 is 0.864 bits per heavy atom. The van der Waals surface area contributed by atoms with Gasteiger partial charge in [-0.2, -0.15) is 0 Å². The molecule has 3 rings (SSSR count). The van der Waals surface area contributed by atoms with Gasteiger partial charge in [0, 0.05) is 6.20 Å². The lowest BCUT2D eigenvalue weighted by Crippen LogP contribution is -2.05. The van der Waals surface area contributed by atoms with Crippen molar-refractivity contribution in [3.8, 4) is 28.3 Å². The lowest BCUT2D eigenvalue weighted by molar-refractivity contribution is 0.414. The number of aromatic amines is 1. The summed E-state index contributed by atoms with van der Waals surface area (Å²) in [6.45, 7) is 0. The number of benzene rings is 2. The van der Waals surface area contributed by atoms with E-state index in [1.54, 1.807) is 25.1 Å². The van der Waals surface area contributed by atoms with Gasteiger partial charge in [-0.3, -0.25) is 14.6 Å². The van der Waals surface area contributed by atoms with Crippen LogP contribution in [-0.4, -0.2) is 24.0 Å². The predicted molar refractivity (Wildman–Crippen MR) is 84.9 cm³/mol. The molecule has 0 atom stereocenters. The van der Waals surface area contributed by atoms with Crippen LogP contribution >= 0.6 is 0 Å². The Labute approximate surface area is 127 Å². The zero-order chi connectivity index (χ0) is 15.5. The lowest BCUT2D eigenvalue weighted by Gasteiger charge is -2.04. The van der Waals surface area contributed by atoms with Gasteiger partial charge in [0.25, 0.3) is 5.56 Å². The van der Waals surface area contributed by atoms with E-state index in [4.69, 9.17) is 9.47 Å². The molecule has 112 valence electrons. The van der Waals surface area contributed by atoms with Gasteiger partial charge in [-0.15, -0.1) is 0 Å². The topological polar surface area (TPSA) is 56.2 Å². The van der Waals surface area contributed by atoms with E-state index < -0.39 is 0 Å². The highest BCUT2D eigenvalue weighted by atomic mass is 16.5. The quantitative estimate of drug-likeness (QED) is 0.805. The molecule has 0 bridgehead atoms. The molecule has 0 spiro atoms. The van der Waals surface area contributed by atoms with Crippen molar-refractivity contribution in [3.05, 3.63) is 65.1 Å². The van der Waals surface area contributed by atoms with E-state index in [0.717, 1.165) is 22.7 Å². The normalized spacial score (nSPS) is 10.5. The number of nitrogens with one attached hydrogen (secondary N) is 1. The summed E-state index contributed by atoms with van der Waals surface area (Å²) in [6.07, 6.45) is 1.78. The van der Waals surface area contributed by atoms with E-state index in [2.05, 4.69) is 5.10 Å². The fourth-order valence-electron chi connectivity index (χ4n) is 2.25. The summed E-state index contributed by atoms with van der Waals surface area (Å²) in [5.41, 5.74) is 2.17. The molecule has 0 saturated carbocycles. The average Bonchev–Trinajstić information content (AvgIpc) is 2.97. The number of nitrogens with zero attached hydrogens (tertiary/aromatic N) is 1. The molecule has 3 aromatic rings. The minimum Gasteiger partial charge on any atom is -0.497 e. The number of ether oxygens (including phenoxy) is 2. The molecule has 1 aromatic heterocycles. The van der Waals surface area contributed by atoms with E-state index in [0.29, 0.717) is 5.56 Å². The number of hydrogen-bond acceptors (Lipinski definition) is 3. The number of aromatic nitrogens is 2. The maximum absolute atomic E-state index is 12.2. The molecule has 0 aliphatic rings. The first kappa shape index (κ1) is 14.0. The number of rotatable bonds is 4. The monoisotopic (exact) mass is 296 g/mol. The second kappa shape index (κ2) is 5.81. The molecule has 0 aliphatic heterocycles. The molecule has 0 radical (unpaired) electrons. The van der Waals surface area contributed by atoms with E-state index >= 15 is 0 Å². The van der Waals surface area contributed by atoms with Gasteiger partial charge in [0.05, 0.1) is 25.5 Å². The van der Waals surface area contributed by atoms with Crippen molar-refractivity contribution in [1.82, 2.24) is 9.78 Å². The Balaban J connectivity index is 1.97. The van der Waals surface area contributed by atoms with Gasteiger partial charge < -0.3 is 9.47 Å². The van der Waals surface area contributed by atoms with Crippen molar-refractivity contribution < 1.29 is 9.47 Å². The molecule has 0 amide bonds. The standard InChI is InChI=1S/C17H16N2O3/c1-21-14-7-3-12(4-8-14)16-11-19(18-17(16)20)13-5-9-15(22-2)10-6-13/h3-11H,1-2H3,(H,18,20). The number of methoxy groups -OCH3 is 2. The first-order valence-corrected chi connectivity index (χ1v) is 6.82. The molecule has 1 N–H and O–H groups in total. The lowest BCUT2D eigenvalue weighted by atomic mass is 10.1. The fraction of sp³-hybridized carbons (Fsp3) is 0.118. The Bertz CT molecular complexity index is 814. The third-order valence-electron chi connectivity index (χ3n) is 3.48. The van der Waals surface area contributed by atoms with Crippen LogP contribution in [0.25, 0.3) is 16.8 Å². The zero-order valence-electron chi connectivity index (χ0n) is 12.4. The summed E-state index contributed by atoms with van der Waals surface area (Å²) in [5, 5.41) is 2.81. The van der Waals surface area contributed by atoms with Crippen molar-refractivity contribution in [2.45, 2.75) is 0 Å². The summed E-state index contributed by atoms with van der Waals surface area (Å²) in [7, 11) is 3.23. The van der Waals surface area contributed by atoms with Crippen LogP contribution in [0.4, 0.5) is 0 Å². The summed E-state index contributed by atoms with van der Waals surface area (Å²) < 4.78 is 12.0. The molecular formula is C17H16N2O3. The Morgan fingerprint density at radius 3 is 1.95 bits per heavy atom. The maximum Gasteiger partial charge on any atom is 0.272 e. The first-order chi connectivity index (χ1) is 10.7. The minimum absolute atomic E-state index is 0.138. The van der Waals surface area contributed by atoms with Crippen LogP contribution in [0, 0.1) is 0 Å². The van der Waals surface area contributed by atoms with E-state index in [9.17, 15) is 4.79 Å². The van der Waals surface area contributed by atoms with Crippen molar-refractivity contribution in [2.75, 3.05) is 14.2 Å². The summed E-state index contributed by atoms with van der Waals surface area (Å²) in [6, 6.07) is 14.9. The molecule has 2 aromatic carbocycles. The van der Waals surface area contributed by atoms with Gasteiger partial charge in [0.2, 0.25) is 0 Å². The van der Waals surface area contributed by atoms with Crippen LogP contribution < -0.4 is 15.0 Å². The first-order valence-electron chi connectivity index (χ1n) is 6.82. The smallest absolute Gasteiger partial charge is 0.272 e. The van der Waals surface area contributed by atoms with Crippen molar-refractivity contribution in [3.63, 3.8) is 0 Å². The SMILES string of the molecule is COc1ccc(-c2cn(-c3ccc(OC)cc3)[nH]c2=O)cc1. The Hall–Kier alpha value is -2.95. The highest BCUT2D eigenvalue weighted by Gasteiger charge is 2.08. The molecule has 0 fully saturated rings. The summed E-state index contributed by atoms with van der Waals surface area (Å²) in [5.74, 6) is 1.53. The van der Waals surface area contributed by atoms with Gasteiger partial charge in [0.15, 0.2) is 0 Å². The zero-order valence-corrected chi connectivity index (χ0v) is 12.4. The Morgan fingerprint density at radius 2 is 1.41 bits per heavy atom. The van der Waals surface area contributed by atoms with Crippen molar-refractivity contribution in [2.24, 2.45) is 0 Å².